The molecule has 7 nitrogen and oxygen atoms in total. The fraction of sp³-hybridized carbons (Fsp3) is 0.0714. The monoisotopic (exact) mass is 532 g/mol. The lowest BCUT2D eigenvalue weighted by Gasteiger charge is -2.16. The lowest BCUT2D eigenvalue weighted by atomic mass is 10.1. The molecule has 0 aliphatic carbocycles. The number of amides is 1. The molecule has 4 aromatic carbocycles. The number of pyridine rings is 1. The van der Waals surface area contributed by atoms with Crippen LogP contribution < -0.4 is 21.1 Å². The molecular weight excluding hydrogens is 511 g/mol. The molecule has 0 aliphatic heterocycles. The predicted molar refractivity (Wildman–Crippen MR) is 150 cm³/mol. The van der Waals surface area contributed by atoms with Gasteiger partial charge in [0.25, 0.3) is 0 Å². The second-order valence-electron chi connectivity index (χ2n) is 8.31. The molecule has 0 radical (unpaired) electrons. The number of methoxy groups -OCH3 is 1. The first-order chi connectivity index (χ1) is 17.9. The number of halogens is 2. The minimum atomic E-state index is -0.645. The zero-order valence-corrected chi connectivity index (χ0v) is 21.2. The Morgan fingerprint density at radius 2 is 1.68 bits per heavy atom. The Morgan fingerprint density at radius 1 is 0.919 bits per heavy atom. The van der Waals surface area contributed by atoms with Crippen LogP contribution in [0.15, 0.2) is 78.9 Å². The SMILES string of the molecule is COc1cccc2c(Nc3cc(N)cc(COC(=O)Nc4cc(Cl)cc(Cl)c4)c3)c3ccccc3nc12. The number of hydrogen-bond acceptors (Lipinski definition) is 6. The van der Waals surface area contributed by atoms with Crippen LogP contribution >= 0.6 is 23.2 Å². The minimum absolute atomic E-state index is 0.00547. The number of benzene rings is 4. The van der Waals surface area contributed by atoms with Gasteiger partial charge in [0, 0.05) is 37.9 Å². The van der Waals surface area contributed by atoms with Gasteiger partial charge in [0.1, 0.15) is 17.9 Å². The van der Waals surface area contributed by atoms with E-state index in [9.17, 15) is 4.79 Å². The Morgan fingerprint density at radius 3 is 2.46 bits per heavy atom. The van der Waals surface area contributed by atoms with Crippen molar-refractivity contribution in [1.29, 1.82) is 0 Å². The van der Waals surface area contributed by atoms with Gasteiger partial charge in [-0.25, -0.2) is 9.78 Å². The van der Waals surface area contributed by atoms with Crippen LogP contribution in [0.1, 0.15) is 5.56 Å². The van der Waals surface area contributed by atoms with Gasteiger partial charge in [-0.05, 0) is 54.1 Å². The van der Waals surface area contributed by atoms with Gasteiger partial charge in [-0.3, -0.25) is 5.32 Å². The number of nitrogens with zero attached hydrogens (tertiary/aromatic N) is 1. The van der Waals surface area contributed by atoms with Gasteiger partial charge in [0.15, 0.2) is 0 Å². The zero-order chi connectivity index (χ0) is 25.9. The lowest BCUT2D eigenvalue weighted by Crippen LogP contribution is -2.13. The molecule has 0 atom stereocenters. The average molecular weight is 533 g/mol. The van der Waals surface area contributed by atoms with Crippen LogP contribution in [0, 0.1) is 0 Å². The third kappa shape index (κ3) is 5.48. The summed E-state index contributed by atoms with van der Waals surface area (Å²) >= 11 is 12.0. The van der Waals surface area contributed by atoms with Crippen molar-refractivity contribution in [2.45, 2.75) is 6.61 Å². The maximum Gasteiger partial charge on any atom is 0.411 e. The van der Waals surface area contributed by atoms with Crippen LogP contribution in [0.3, 0.4) is 0 Å². The van der Waals surface area contributed by atoms with Gasteiger partial charge in [-0.15, -0.1) is 0 Å². The molecular formula is C28H22Cl2N4O3. The number of hydrogen-bond donors (Lipinski definition) is 3. The van der Waals surface area contributed by atoms with Crippen LogP contribution in [-0.4, -0.2) is 18.2 Å². The zero-order valence-electron chi connectivity index (χ0n) is 19.7. The summed E-state index contributed by atoms with van der Waals surface area (Å²) in [6.45, 7) is 0.00547. The molecule has 9 heteroatoms. The van der Waals surface area contributed by atoms with Crippen molar-refractivity contribution in [2.75, 3.05) is 23.5 Å². The van der Waals surface area contributed by atoms with E-state index in [4.69, 9.17) is 43.4 Å². The van der Waals surface area contributed by atoms with Gasteiger partial charge < -0.3 is 20.5 Å². The summed E-state index contributed by atoms with van der Waals surface area (Å²) in [5, 5.41) is 8.78. The van der Waals surface area contributed by atoms with Crippen LogP contribution in [0.4, 0.5) is 27.5 Å². The highest BCUT2D eigenvalue weighted by Gasteiger charge is 2.13. The Bertz CT molecular complexity index is 1620. The van der Waals surface area contributed by atoms with Crippen molar-refractivity contribution in [3.05, 3.63) is 94.5 Å². The normalized spacial score (nSPS) is 10.9. The van der Waals surface area contributed by atoms with Crippen molar-refractivity contribution in [1.82, 2.24) is 4.98 Å². The standard InChI is InChI=1S/C28H22Cl2N4O3/c1-36-25-8-4-6-23-26(22-5-2-3-7-24(22)34-27(23)25)32-20-10-16(9-19(31)14-20)15-37-28(35)33-21-12-17(29)11-18(30)13-21/h2-14H,15,31H2,1H3,(H,32,34)(H,33,35). The van der Waals surface area contributed by atoms with Gasteiger partial charge >= 0.3 is 6.09 Å². The van der Waals surface area contributed by atoms with E-state index in [-0.39, 0.29) is 6.61 Å². The first-order valence-electron chi connectivity index (χ1n) is 11.3. The van der Waals surface area contributed by atoms with E-state index in [0.29, 0.717) is 32.7 Å². The molecule has 0 aliphatic rings. The highest BCUT2D eigenvalue weighted by atomic mass is 35.5. The largest absolute Gasteiger partial charge is 0.494 e. The smallest absolute Gasteiger partial charge is 0.411 e. The molecule has 1 amide bonds. The van der Waals surface area contributed by atoms with Gasteiger partial charge in [0.2, 0.25) is 0 Å². The van der Waals surface area contributed by atoms with E-state index in [0.717, 1.165) is 33.2 Å². The molecule has 1 aromatic heterocycles. The Balaban J connectivity index is 1.41. The minimum Gasteiger partial charge on any atom is -0.494 e. The summed E-state index contributed by atoms with van der Waals surface area (Å²) in [5.74, 6) is 0.681. The van der Waals surface area contributed by atoms with Crippen LogP contribution in [0.5, 0.6) is 5.75 Å². The number of nitrogens with two attached hydrogens (primary N) is 1. The van der Waals surface area contributed by atoms with Crippen molar-refractivity contribution in [3.8, 4) is 5.75 Å². The Hall–Kier alpha value is -4.20. The highest BCUT2D eigenvalue weighted by Crippen LogP contribution is 2.37. The molecule has 0 saturated heterocycles. The number of carbonyl (C=O) groups is 1. The summed E-state index contributed by atoms with van der Waals surface area (Å²) < 4.78 is 10.9. The number of fused-ring (bicyclic) bond motifs is 2. The number of rotatable bonds is 6. The fourth-order valence-corrected chi connectivity index (χ4v) is 4.66. The van der Waals surface area contributed by atoms with Gasteiger partial charge in [-0.2, -0.15) is 0 Å². The quantitative estimate of drug-likeness (QED) is 0.152. The lowest BCUT2D eigenvalue weighted by molar-refractivity contribution is 0.155. The summed E-state index contributed by atoms with van der Waals surface area (Å²) in [5.41, 5.74) is 11.0. The summed E-state index contributed by atoms with van der Waals surface area (Å²) in [6.07, 6.45) is -0.645. The first kappa shape index (κ1) is 24.5. The van der Waals surface area contributed by atoms with E-state index in [1.807, 2.05) is 54.6 Å². The molecule has 0 unspecified atom stereocenters. The number of anilines is 4. The Kier molecular flexibility index (Phi) is 6.90. The molecule has 4 N–H and O–H groups in total. The maximum absolute atomic E-state index is 12.3. The molecule has 0 bridgehead atoms. The number of nitrogens with one attached hydrogen (secondary N) is 2. The van der Waals surface area contributed by atoms with E-state index in [1.54, 1.807) is 31.4 Å². The molecule has 5 aromatic rings. The fourth-order valence-electron chi connectivity index (χ4n) is 4.13. The van der Waals surface area contributed by atoms with Crippen molar-refractivity contribution >= 4 is 73.9 Å². The van der Waals surface area contributed by atoms with Gasteiger partial charge in [0.05, 0.1) is 18.3 Å². The molecule has 37 heavy (non-hydrogen) atoms. The van der Waals surface area contributed by atoms with Crippen LogP contribution in [0.2, 0.25) is 10.0 Å². The first-order valence-corrected chi connectivity index (χ1v) is 12.1. The van der Waals surface area contributed by atoms with Crippen molar-refractivity contribution in [2.24, 2.45) is 0 Å². The molecule has 0 fully saturated rings. The molecule has 186 valence electrons. The molecule has 1 heterocycles. The van der Waals surface area contributed by atoms with E-state index >= 15 is 0 Å². The Labute approximate surface area is 223 Å². The number of para-hydroxylation sites is 2. The third-order valence-electron chi connectivity index (χ3n) is 5.66. The molecule has 5 rings (SSSR count). The molecule has 0 saturated carbocycles. The number of ether oxygens (including phenoxy) is 2. The predicted octanol–water partition coefficient (Wildman–Crippen LogP) is 7.78. The third-order valence-corrected chi connectivity index (χ3v) is 6.09. The summed E-state index contributed by atoms with van der Waals surface area (Å²) in [4.78, 5) is 17.1. The van der Waals surface area contributed by atoms with Crippen LogP contribution in [-0.2, 0) is 11.3 Å². The highest BCUT2D eigenvalue weighted by molar-refractivity contribution is 6.35. The van der Waals surface area contributed by atoms with E-state index in [1.165, 1.54) is 0 Å². The topological polar surface area (TPSA) is 98.5 Å². The number of aromatic nitrogens is 1. The van der Waals surface area contributed by atoms with E-state index in [2.05, 4.69) is 10.6 Å². The number of nitrogen functional groups attached to an aromatic ring is 1. The van der Waals surface area contributed by atoms with Crippen LogP contribution in [0.25, 0.3) is 21.8 Å². The summed E-state index contributed by atoms with van der Waals surface area (Å²) in [7, 11) is 1.63. The molecule has 0 spiro atoms. The summed E-state index contributed by atoms with van der Waals surface area (Å²) in [6, 6.07) is 23.8. The van der Waals surface area contributed by atoms with Gasteiger partial charge in [-0.1, -0.05) is 53.5 Å². The average Bonchev–Trinajstić information content (AvgIpc) is 2.86. The van der Waals surface area contributed by atoms with Crippen molar-refractivity contribution < 1.29 is 14.3 Å². The second-order valence-corrected chi connectivity index (χ2v) is 9.18. The second kappa shape index (κ2) is 10.4. The maximum atomic E-state index is 12.3. The number of carbonyl (C=O) groups excluding carboxylic acids is 1. The van der Waals surface area contributed by atoms with Crippen molar-refractivity contribution in [3.63, 3.8) is 0 Å². The van der Waals surface area contributed by atoms with E-state index < -0.39 is 6.09 Å².